The Bertz CT molecular complexity index is 3760. The largest absolute Gasteiger partial charge is 0.330 e. The van der Waals surface area contributed by atoms with Crippen LogP contribution in [0.1, 0.15) is 120 Å². The van der Waals surface area contributed by atoms with Gasteiger partial charge in [0.15, 0.2) is 0 Å². The van der Waals surface area contributed by atoms with E-state index in [2.05, 4.69) is 291 Å². The molecular weight excluding hydrogens is 918 g/mol. The van der Waals surface area contributed by atoms with Gasteiger partial charge in [-0.2, -0.15) is 0 Å². The smallest absolute Gasteiger partial charge is 0.252 e. The van der Waals surface area contributed by atoms with Crippen LogP contribution in [0, 0.1) is 6.92 Å². The molecule has 0 fully saturated rings. The van der Waals surface area contributed by atoms with Crippen molar-refractivity contribution in [2.24, 2.45) is 0 Å². The van der Waals surface area contributed by atoms with Crippen molar-refractivity contribution >= 4 is 68.6 Å². The average molecular weight is 988 g/mol. The maximum atomic E-state index is 2.76. The Morgan fingerprint density at radius 3 is 1.70 bits per heavy atom. The number of rotatable bonds is 5. The maximum absolute atomic E-state index is 2.76. The second-order valence-electron chi connectivity index (χ2n) is 25.6. The zero-order chi connectivity index (χ0) is 52.7. The minimum Gasteiger partial charge on any atom is -0.330 e. The molecule has 2 unspecified atom stereocenters. The molecule has 0 radical (unpaired) electrons. The second-order valence-corrected chi connectivity index (χ2v) is 25.6. The molecule has 0 saturated carbocycles. The summed E-state index contributed by atoms with van der Waals surface area (Å²) in [5.41, 5.74) is 26.2. The number of benzene rings is 9. The van der Waals surface area contributed by atoms with Crippen LogP contribution in [0.5, 0.6) is 0 Å². The fourth-order valence-electron chi connectivity index (χ4n) is 14.1. The first kappa shape index (κ1) is 48.1. The molecule has 9 aromatic carbocycles. The summed E-state index contributed by atoms with van der Waals surface area (Å²) in [6.07, 6.45) is 2.02. The van der Waals surface area contributed by atoms with Gasteiger partial charge in [-0.1, -0.05) is 202 Å². The number of anilines is 8. The Morgan fingerprint density at radius 1 is 0.434 bits per heavy atom. The van der Waals surface area contributed by atoms with E-state index in [1.54, 1.807) is 0 Å². The van der Waals surface area contributed by atoms with E-state index in [1.807, 2.05) is 0 Å². The molecule has 376 valence electrons. The van der Waals surface area contributed by atoms with Gasteiger partial charge in [0.1, 0.15) is 0 Å². The quantitative estimate of drug-likeness (QED) is 0.159. The normalized spacial score (nSPS) is 18.4. The third-order valence-electron chi connectivity index (χ3n) is 18.0. The molecule has 1 aliphatic carbocycles. The minimum absolute atomic E-state index is 0.00922. The highest BCUT2D eigenvalue weighted by Gasteiger charge is 2.63. The molecule has 76 heavy (non-hydrogen) atoms. The first-order valence-corrected chi connectivity index (χ1v) is 27.8. The molecule has 0 N–H and O–H groups in total. The van der Waals surface area contributed by atoms with Crippen molar-refractivity contribution in [3.05, 3.63) is 245 Å². The molecule has 0 saturated heterocycles. The summed E-state index contributed by atoms with van der Waals surface area (Å²) in [7, 11) is 0. The summed E-state index contributed by atoms with van der Waals surface area (Å²) in [4.78, 5) is 7.97. The van der Waals surface area contributed by atoms with Crippen LogP contribution in [-0.2, 0) is 33.6 Å². The number of hydrogen-bond donors (Lipinski definition) is 0. The molecule has 0 bridgehead atoms. The lowest BCUT2D eigenvalue weighted by atomic mass is 9.33. The first-order chi connectivity index (χ1) is 36.4. The number of nitrogens with zero attached hydrogens (tertiary/aromatic N) is 3. The van der Waals surface area contributed by atoms with Gasteiger partial charge in [0.25, 0.3) is 6.71 Å². The predicted molar refractivity (Wildman–Crippen MR) is 325 cm³/mol. The van der Waals surface area contributed by atoms with E-state index in [1.165, 1.54) is 112 Å². The van der Waals surface area contributed by atoms with Gasteiger partial charge >= 0.3 is 0 Å². The van der Waals surface area contributed by atoms with E-state index in [-0.39, 0.29) is 28.4 Å². The standard InChI is InChI=1S/C72H70BN3/c1-47-42-65-67-66(43-47)75(61-38-32-52(69(5,6)7)44-56(61)48-22-14-12-15-23-48)63-29-21-20-28-59(63)73(67)60-37-36-55(46-64(60)74(65)54-34-30-50(31-35-54)68(2,3)4)76-62-39-33-53(70(8,9)10)45-58(62)72(51-25-16-13-17-26-51)41-40-49-24-18-19-27-57(49)71(72,76)11/h12-39,42-46H,40-41H2,1-11H3. The summed E-state index contributed by atoms with van der Waals surface area (Å²) >= 11 is 0. The van der Waals surface area contributed by atoms with Crippen LogP contribution < -0.4 is 31.1 Å². The lowest BCUT2D eigenvalue weighted by Crippen LogP contribution is -2.61. The zero-order valence-corrected chi connectivity index (χ0v) is 46.4. The first-order valence-electron chi connectivity index (χ1n) is 27.8. The SMILES string of the molecule is Cc1cc2c3c(c1)N(c1ccc(C(C)(C)C)cc1-c1ccccc1)c1ccccc1B3c1ccc(N3c4ccc(C(C)(C)C)cc4C4(c5ccccc5)CCc5ccccc5C34C)cc1N2c1ccc(C(C)(C)C)cc1. The Balaban J connectivity index is 1.09. The third kappa shape index (κ3) is 7.08. The van der Waals surface area contributed by atoms with Crippen LogP contribution in [0.25, 0.3) is 11.1 Å². The average Bonchev–Trinajstić information content (AvgIpc) is 3.84. The summed E-state index contributed by atoms with van der Waals surface area (Å²) in [6, 6.07) is 77.6. The van der Waals surface area contributed by atoms with E-state index in [0.29, 0.717) is 0 Å². The topological polar surface area (TPSA) is 9.72 Å². The van der Waals surface area contributed by atoms with Crippen LogP contribution in [0.15, 0.2) is 200 Å². The number of hydrogen-bond acceptors (Lipinski definition) is 3. The zero-order valence-electron chi connectivity index (χ0n) is 46.4. The summed E-state index contributed by atoms with van der Waals surface area (Å²) in [5.74, 6) is 0. The Kier molecular flexibility index (Phi) is 10.7. The van der Waals surface area contributed by atoms with Crippen molar-refractivity contribution in [2.75, 3.05) is 14.7 Å². The molecule has 13 rings (SSSR count). The summed E-state index contributed by atoms with van der Waals surface area (Å²) < 4.78 is 0. The van der Waals surface area contributed by atoms with E-state index >= 15 is 0 Å². The van der Waals surface area contributed by atoms with E-state index in [9.17, 15) is 0 Å². The van der Waals surface area contributed by atoms with Gasteiger partial charge < -0.3 is 14.7 Å². The van der Waals surface area contributed by atoms with Crippen molar-refractivity contribution in [3.63, 3.8) is 0 Å². The van der Waals surface area contributed by atoms with Gasteiger partial charge in [-0.15, -0.1) is 0 Å². The van der Waals surface area contributed by atoms with E-state index in [4.69, 9.17) is 0 Å². The molecule has 2 atom stereocenters. The third-order valence-corrected chi connectivity index (χ3v) is 18.0. The molecule has 0 spiro atoms. The van der Waals surface area contributed by atoms with Crippen LogP contribution in [-0.4, -0.2) is 6.71 Å². The minimum atomic E-state index is -0.470. The van der Waals surface area contributed by atoms with Crippen molar-refractivity contribution in [1.82, 2.24) is 0 Å². The molecule has 0 aromatic heterocycles. The monoisotopic (exact) mass is 988 g/mol. The van der Waals surface area contributed by atoms with Crippen LogP contribution in [0.3, 0.4) is 0 Å². The van der Waals surface area contributed by atoms with Gasteiger partial charge in [0.2, 0.25) is 0 Å². The molecular formula is C72H70BN3. The number of fused-ring (bicyclic) bond motifs is 9. The fourth-order valence-corrected chi connectivity index (χ4v) is 14.1. The van der Waals surface area contributed by atoms with Gasteiger partial charge in [-0.3, -0.25) is 0 Å². The Morgan fingerprint density at radius 2 is 1.00 bits per heavy atom. The molecule has 4 heteroatoms. The highest BCUT2D eigenvalue weighted by molar-refractivity contribution is 7.00. The van der Waals surface area contributed by atoms with Crippen LogP contribution >= 0.6 is 0 Å². The van der Waals surface area contributed by atoms with E-state index in [0.717, 1.165) is 18.5 Å². The molecule has 4 aliphatic rings. The number of para-hydroxylation sites is 1. The summed E-state index contributed by atoms with van der Waals surface area (Å²) in [5, 5.41) is 0. The maximum Gasteiger partial charge on any atom is 0.252 e. The lowest BCUT2D eigenvalue weighted by molar-refractivity contribution is 0.270. The molecule has 3 nitrogen and oxygen atoms in total. The number of aryl methyl sites for hydroxylation is 2. The van der Waals surface area contributed by atoms with Gasteiger partial charge in [0.05, 0.1) is 16.6 Å². The second kappa shape index (κ2) is 17.0. The van der Waals surface area contributed by atoms with Gasteiger partial charge in [0, 0.05) is 45.4 Å². The lowest BCUT2D eigenvalue weighted by Gasteiger charge is -2.53. The molecule has 3 aliphatic heterocycles. The Labute approximate surface area is 453 Å². The van der Waals surface area contributed by atoms with Crippen molar-refractivity contribution in [3.8, 4) is 11.1 Å². The van der Waals surface area contributed by atoms with Crippen LogP contribution in [0.4, 0.5) is 45.5 Å². The summed E-state index contributed by atoms with van der Waals surface area (Å²) in [6.45, 7) is 25.8. The molecule has 0 amide bonds. The Hall–Kier alpha value is -7.56. The molecule has 3 heterocycles. The molecule has 9 aromatic rings. The van der Waals surface area contributed by atoms with Crippen molar-refractivity contribution in [1.29, 1.82) is 0 Å². The highest BCUT2D eigenvalue weighted by Crippen LogP contribution is 2.67. The van der Waals surface area contributed by atoms with Crippen molar-refractivity contribution in [2.45, 2.75) is 116 Å². The van der Waals surface area contributed by atoms with Crippen molar-refractivity contribution < 1.29 is 0 Å². The fraction of sp³-hybridized carbons (Fsp3) is 0.250. The predicted octanol–water partition coefficient (Wildman–Crippen LogP) is 16.9. The van der Waals surface area contributed by atoms with Gasteiger partial charge in [-0.25, -0.2) is 0 Å². The highest BCUT2D eigenvalue weighted by atomic mass is 15.3. The van der Waals surface area contributed by atoms with Crippen LogP contribution in [0.2, 0.25) is 0 Å². The van der Waals surface area contributed by atoms with E-state index < -0.39 is 5.54 Å². The van der Waals surface area contributed by atoms with Gasteiger partial charge in [-0.05, 0) is 170 Å².